The normalized spacial score (nSPS) is 14.8. The first-order chi connectivity index (χ1) is 5.70. The van der Waals surface area contributed by atoms with E-state index in [1.807, 2.05) is 13.8 Å². The van der Waals surface area contributed by atoms with Crippen LogP contribution in [0.25, 0.3) is 0 Å². The minimum Gasteiger partial charge on any atom is -0.507 e. The maximum Gasteiger partial charge on any atom is 0.121 e. The van der Waals surface area contributed by atoms with E-state index in [2.05, 4.69) is 6.07 Å². The first kappa shape index (κ1) is 7.66. The highest BCUT2D eigenvalue weighted by Gasteiger charge is 2.16. The molecule has 1 heteroatoms. The number of rotatable bonds is 0. The van der Waals surface area contributed by atoms with E-state index in [0.29, 0.717) is 5.75 Å². The Bertz CT molecular complexity index is 326. The van der Waals surface area contributed by atoms with Crippen LogP contribution in [-0.4, -0.2) is 5.11 Å². The number of aromatic hydroxyl groups is 1. The molecule has 2 rings (SSSR count). The lowest BCUT2D eigenvalue weighted by Gasteiger charge is -2.08. The summed E-state index contributed by atoms with van der Waals surface area (Å²) < 4.78 is 0. The lowest BCUT2D eigenvalue weighted by atomic mass is 10.00. The molecule has 1 nitrogen and oxygen atoms in total. The summed E-state index contributed by atoms with van der Waals surface area (Å²) in [6.07, 6.45) is 3.59. The van der Waals surface area contributed by atoms with Crippen LogP contribution in [0, 0.1) is 13.8 Å². The molecule has 0 aliphatic heterocycles. The van der Waals surface area contributed by atoms with Crippen LogP contribution in [-0.2, 0) is 12.8 Å². The van der Waals surface area contributed by atoms with Gasteiger partial charge in [0.2, 0.25) is 0 Å². The Morgan fingerprint density at radius 1 is 1.25 bits per heavy atom. The Hall–Kier alpha value is -0.980. The zero-order chi connectivity index (χ0) is 8.72. The molecule has 0 atom stereocenters. The molecule has 0 heterocycles. The van der Waals surface area contributed by atoms with Gasteiger partial charge in [0.25, 0.3) is 0 Å². The third-order valence-corrected chi connectivity index (χ3v) is 2.83. The molecule has 0 spiro atoms. The summed E-state index contributed by atoms with van der Waals surface area (Å²) in [7, 11) is 0. The second-order valence-corrected chi connectivity index (χ2v) is 3.66. The van der Waals surface area contributed by atoms with Crippen LogP contribution in [0.5, 0.6) is 5.75 Å². The highest BCUT2D eigenvalue weighted by Crippen LogP contribution is 2.33. The Kier molecular flexibility index (Phi) is 1.60. The van der Waals surface area contributed by atoms with Crippen molar-refractivity contribution in [3.8, 4) is 5.75 Å². The molecule has 0 fully saturated rings. The summed E-state index contributed by atoms with van der Waals surface area (Å²) in [5, 5.41) is 9.67. The van der Waals surface area contributed by atoms with Crippen LogP contribution in [0.4, 0.5) is 0 Å². The summed E-state index contributed by atoms with van der Waals surface area (Å²) in [5.74, 6) is 0.496. The molecule has 1 aliphatic carbocycles. The van der Waals surface area contributed by atoms with Crippen molar-refractivity contribution in [3.63, 3.8) is 0 Å². The number of hydrogen-bond donors (Lipinski definition) is 1. The van der Waals surface area contributed by atoms with Crippen LogP contribution in [0.1, 0.15) is 28.7 Å². The van der Waals surface area contributed by atoms with Gasteiger partial charge < -0.3 is 5.11 Å². The molecule has 0 unspecified atom stereocenters. The van der Waals surface area contributed by atoms with Crippen LogP contribution < -0.4 is 0 Å². The van der Waals surface area contributed by atoms with Crippen molar-refractivity contribution in [1.29, 1.82) is 0 Å². The summed E-state index contributed by atoms with van der Waals surface area (Å²) >= 11 is 0. The number of aryl methyl sites for hydroxylation is 2. The molecule has 1 N–H and O–H groups in total. The lowest BCUT2D eigenvalue weighted by Crippen LogP contribution is -1.90. The molecule has 12 heavy (non-hydrogen) atoms. The fourth-order valence-corrected chi connectivity index (χ4v) is 2.12. The van der Waals surface area contributed by atoms with E-state index in [4.69, 9.17) is 0 Å². The van der Waals surface area contributed by atoms with Gasteiger partial charge in [0.1, 0.15) is 5.75 Å². The van der Waals surface area contributed by atoms with Crippen LogP contribution in [0.2, 0.25) is 0 Å². The number of fused-ring (bicyclic) bond motifs is 1. The van der Waals surface area contributed by atoms with Gasteiger partial charge >= 0.3 is 0 Å². The third kappa shape index (κ3) is 0.927. The van der Waals surface area contributed by atoms with Crippen molar-refractivity contribution in [3.05, 3.63) is 28.3 Å². The van der Waals surface area contributed by atoms with Gasteiger partial charge in [-0.15, -0.1) is 0 Å². The minimum atomic E-state index is 0.496. The van der Waals surface area contributed by atoms with Gasteiger partial charge in [0.15, 0.2) is 0 Å². The molecular formula is C11H14O. The van der Waals surface area contributed by atoms with Gasteiger partial charge in [-0.05, 0) is 55.4 Å². The van der Waals surface area contributed by atoms with Crippen LogP contribution >= 0.6 is 0 Å². The number of hydrogen-bond acceptors (Lipinski definition) is 1. The molecule has 0 saturated heterocycles. The van der Waals surface area contributed by atoms with E-state index in [-0.39, 0.29) is 0 Å². The summed E-state index contributed by atoms with van der Waals surface area (Å²) in [4.78, 5) is 0. The zero-order valence-corrected chi connectivity index (χ0v) is 7.65. The Labute approximate surface area is 73.0 Å². The largest absolute Gasteiger partial charge is 0.507 e. The van der Waals surface area contributed by atoms with E-state index in [0.717, 1.165) is 17.5 Å². The van der Waals surface area contributed by atoms with Gasteiger partial charge in [-0.3, -0.25) is 0 Å². The molecule has 0 aromatic heterocycles. The first-order valence-electron chi connectivity index (χ1n) is 4.51. The van der Waals surface area contributed by atoms with Gasteiger partial charge in [-0.2, -0.15) is 0 Å². The molecule has 1 aromatic carbocycles. The average Bonchev–Trinajstić information content (AvgIpc) is 2.48. The van der Waals surface area contributed by atoms with Crippen molar-refractivity contribution in [1.82, 2.24) is 0 Å². The molecule has 1 aliphatic rings. The first-order valence-corrected chi connectivity index (χ1v) is 4.51. The summed E-state index contributed by atoms with van der Waals surface area (Å²) in [6.45, 7) is 3.99. The fourth-order valence-electron chi connectivity index (χ4n) is 2.12. The molecule has 1 aromatic rings. The number of phenols is 1. The monoisotopic (exact) mass is 162 g/mol. The van der Waals surface area contributed by atoms with E-state index in [1.165, 1.54) is 24.0 Å². The van der Waals surface area contributed by atoms with E-state index in [9.17, 15) is 5.11 Å². The van der Waals surface area contributed by atoms with Crippen LogP contribution in [0.3, 0.4) is 0 Å². The SMILES string of the molecule is Cc1cc2c(c(C)c1O)CCC2. The standard InChI is InChI=1S/C11H14O/c1-7-6-9-4-3-5-10(9)8(2)11(7)12/h6,12H,3-5H2,1-2H3. The smallest absolute Gasteiger partial charge is 0.121 e. The highest BCUT2D eigenvalue weighted by molar-refractivity contribution is 5.50. The number of benzene rings is 1. The second kappa shape index (κ2) is 2.51. The van der Waals surface area contributed by atoms with Gasteiger partial charge in [-0.1, -0.05) is 6.07 Å². The van der Waals surface area contributed by atoms with Crippen LogP contribution in [0.15, 0.2) is 6.07 Å². The van der Waals surface area contributed by atoms with E-state index >= 15 is 0 Å². The summed E-state index contributed by atoms with van der Waals surface area (Å²) in [6, 6.07) is 2.13. The van der Waals surface area contributed by atoms with E-state index in [1.54, 1.807) is 0 Å². The molecule has 0 radical (unpaired) electrons. The molecule has 0 bridgehead atoms. The molecule has 0 amide bonds. The van der Waals surface area contributed by atoms with Crippen molar-refractivity contribution in [2.24, 2.45) is 0 Å². The Morgan fingerprint density at radius 3 is 2.75 bits per heavy atom. The predicted molar refractivity (Wildman–Crippen MR) is 49.6 cm³/mol. The van der Waals surface area contributed by atoms with Gasteiger partial charge in [0.05, 0.1) is 0 Å². The van der Waals surface area contributed by atoms with Crippen molar-refractivity contribution in [2.75, 3.05) is 0 Å². The van der Waals surface area contributed by atoms with Crippen molar-refractivity contribution in [2.45, 2.75) is 33.1 Å². The molecule has 64 valence electrons. The summed E-state index contributed by atoms with van der Waals surface area (Å²) in [5.41, 5.74) is 4.96. The maximum absolute atomic E-state index is 9.67. The quantitative estimate of drug-likeness (QED) is 0.621. The average molecular weight is 162 g/mol. The van der Waals surface area contributed by atoms with E-state index < -0.39 is 0 Å². The number of phenolic OH excluding ortho intramolecular Hbond substituents is 1. The fraction of sp³-hybridized carbons (Fsp3) is 0.455. The molecular weight excluding hydrogens is 148 g/mol. The Morgan fingerprint density at radius 2 is 2.00 bits per heavy atom. The third-order valence-electron chi connectivity index (χ3n) is 2.83. The topological polar surface area (TPSA) is 20.2 Å². The highest BCUT2D eigenvalue weighted by atomic mass is 16.3. The minimum absolute atomic E-state index is 0.496. The maximum atomic E-state index is 9.67. The van der Waals surface area contributed by atoms with Gasteiger partial charge in [0, 0.05) is 0 Å². The lowest BCUT2D eigenvalue weighted by molar-refractivity contribution is 0.466. The predicted octanol–water partition coefficient (Wildman–Crippen LogP) is 2.50. The Balaban J connectivity index is 2.67. The second-order valence-electron chi connectivity index (χ2n) is 3.66. The van der Waals surface area contributed by atoms with Gasteiger partial charge in [-0.25, -0.2) is 0 Å². The van der Waals surface area contributed by atoms with Crippen molar-refractivity contribution >= 4 is 0 Å². The zero-order valence-electron chi connectivity index (χ0n) is 7.65. The molecule has 0 saturated carbocycles. The van der Waals surface area contributed by atoms with Crippen molar-refractivity contribution < 1.29 is 5.11 Å².